The summed E-state index contributed by atoms with van der Waals surface area (Å²) in [7, 11) is 0. The molecule has 2 aliphatic rings. The summed E-state index contributed by atoms with van der Waals surface area (Å²) in [5, 5.41) is 0. The van der Waals surface area contributed by atoms with Gasteiger partial charge in [0.05, 0.1) is 12.2 Å². The zero-order chi connectivity index (χ0) is 13.1. The van der Waals surface area contributed by atoms with E-state index in [1.807, 2.05) is 6.92 Å². The van der Waals surface area contributed by atoms with Crippen LogP contribution in [0.5, 0.6) is 0 Å². The van der Waals surface area contributed by atoms with E-state index in [9.17, 15) is 4.79 Å². The van der Waals surface area contributed by atoms with E-state index in [1.54, 1.807) is 6.08 Å². The number of unbranched alkanes of at least 4 members (excludes halogenated alkanes) is 1. The quantitative estimate of drug-likeness (QED) is 0.722. The lowest BCUT2D eigenvalue weighted by Crippen LogP contribution is -2.32. The molecule has 0 aliphatic carbocycles. The Morgan fingerprint density at radius 3 is 2.94 bits per heavy atom. The Hall–Kier alpha value is -1.09. The van der Waals surface area contributed by atoms with Gasteiger partial charge in [0, 0.05) is 12.0 Å². The third-order valence-corrected chi connectivity index (χ3v) is 3.80. The molecule has 0 spiro atoms. The predicted molar refractivity (Wildman–Crippen MR) is 70.1 cm³/mol. The summed E-state index contributed by atoms with van der Waals surface area (Å²) >= 11 is 0. The first-order valence-electron chi connectivity index (χ1n) is 6.83. The number of rotatable bonds is 3. The first-order valence-corrected chi connectivity index (χ1v) is 6.83. The zero-order valence-corrected chi connectivity index (χ0v) is 11.2. The van der Waals surface area contributed by atoms with Gasteiger partial charge >= 0.3 is 5.97 Å². The van der Waals surface area contributed by atoms with Crippen molar-refractivity contribution in [2.45, 2.75) is 57.8 Å². The molecule has 3 heteroatoms. The second kappa shape index (κ2) is 5.70. The molecule has 18 heavy (non-hydrogen) atoms. The van der Waals surface area contributed by atoms with Crippen molar-refractivity contribution in [1.29, 1.82) is 0 Å². The van der Waals surface area contributed by atoms with Gasteiger partial charge in [-0.25, -0.2) is 4.79 Å². The molecule has 0 radical (unpaired) electrons. The maximum atomic E-state index is 11.6. The van der Waals surface area contributed by atoms with Gasteiger partial charge < -0.3 is 9.47 Å². The molecular weight excluding hydrogens is 228 g/mol. The van der Waals surface area contributed by atoms with Crippen molar-refractivity contribution in [3.05, 3.63) is 24.3 Å². The topological polar surface area (TPSA) is 35.5 Å². The highest BCUT2D eigenvalue weighted by molar-refractivity contribution is 5.82. The van der Waals surface area contributed by atoms with Crippen LogP contribution in [-0.2, 0) is 14.3 Å². The molecule has 0 aromatic heterocycles. The summed E-state index contributed by atoms with van der Waals surface area (Å²) in [5.41, 5.74) is 0.987. The molecule has 2 rings (SSSR count). The van der Waals surface area contributed by atoms with Gasteiger partial charge in [-0.3, -0.25) is 0 Å². The van der Waals surface area contributed by atoms with Crippen LogP contribution in [0.1, 0.15) is 39.5 Å². The Bertz CT molecular complexity index is 359. The zero-order valence-electron chi connectivity index (χ0n) is 11.2. The minimum absolute atomic E-state index is 0.0138. The summed E-state index contributed by atoms with van der Waals surface area (Å²) in [6, 6.07) is 0. The molecule has 100 valence electrons. The largest absolute Gasteiger partial charge is 0.456 e. The highest BCUT2D eigenvalue weighted by Crippen LogP contribution is 2.37. The van der Waals surface area contributed by atoms with Crippen molar-refractivity contribution >= 4 is 5.97 Å². The Labute approximate surface area is 109 Å². The standard InChI is InChI=1S/C15H22O3/c1-4-5-6-13-12-9-10(2)7-8-14(16)18-15(12)11(3)17-13/h7-8,11-13,15H,2,4-6,9H2,1,3H3/b8-7-. The van der Waals surface area contributed by atoms with E-state index in [0.29, 0.717) is 0 Å². The van der Waals surface area contributed by atoms with Gasteiger partial charge in [0.25, 0.3) is 0 Å². The Kier molecular flexibility index (Phi) is 4.23. The fourth-order valence-electron chi connectivity index (χ4n) is 2.86. The van der Waals surface area contributed by atoms with E-state index in [2.05, 4.69) is 13.5 Å². The van der Waals surface area contributed by atoms with Gasteiger partial charge in [0.15, 0.2) is 0 Å². The number of carbonyl (C=O) groups is 1. The molecule has 0 saturated carbocycles. The predicted octanol–water partition coefficient (Wildman–Crippen LogP) is 3.01. The van der Waals surface area contributed by atoms with E-state index >= 15 is 0 Å². The van der Waals surface area contributed by atoms with Gasteiger partial charge in [0.2, 0.25) is 0 Å². The first kappa shape index (κ1) is 13.3. The highest BCUT2D eigenvalue weighted by Gasteiger charge is 2.44. The van der Waals surface area contributed by atoms with Crippen LogP contribution in [0.3, 0.4) is 0 Å². The van der Waals surface area contributed by atoms with Crippen LogP contribution >= 0.6 is 0 Å². The van der Waals surface area contributed by atoms with E-state index in [0.717, 1.165) is 31.3 Å². The molecule has 2 aliphatic heterocycles. The van der Waals surface area contributed by atoms with Gasteiger partial charge in [-0.1, -0.05) is 38.0 Å². The molecule has 0 aromatic rings. The number of fused-ring (bicyclic) bond motifs is 1. The average molecular weight is 250 g/mol. The number of carbonyl (C=O) groups excluding carboxylic acids is 1. The number of hydrogen-bond donors (Lipinski definition) is 0. The number of hydrogen-bond acceptors (Lipinski definition) is 3. The van der Waals surface area contributed by atoms with Gasteiger partial charge in [-0.2, -0.15) is 0 Å². The van der Waals surface area contributed by atoms with Crippen molar-refractivity contribution in [3.8, 4) is 0 Å². The van der Waals surface area contributed by atoms with Crippen LogP contribution < -0.4 is 0 Å². The monoisotopic (exact) mass is 250 g/mol. The fourth-order valence-corrected chi connectivity index (χ4v) is 2.86. The molecule has 2 heterocycles. The minimum Gasteiger partial charge on any atom is -0.456 e. The van der Waals surface area contributed by atoms with Crippen LogP contribution in [0.4, 0.5) is 0 Å². The fraction of sp³-hybridized carbons (Fsp3) is 0.667. The molecule has 0 N–H and O–H groups in total. The van der Waals surface area contributed by atoms with E-state index in [1.165, 1.54) is 6.08 Å². The summed E-state index contributed by atoms with van der Waals surface area (Å²) in [5.74, 6) is -0.0228. The van der Waals surface area contributed by atoms with E-state index < -0.39 is 0 Å². The third-order valence-electron chi connectivity index (χ3n) is 3.80. The maximum Gasteiger partial charge on any atom is 0.331 e. The molecule has 1 fully saturated rings. The number of ether oxygens (including phenoxy) is 2. The van der Waals surface area contributed by atoms with Crippen LogP contribution in [0.2, 0.25) is 0 Å². The molecule has 0 aromatic carbocycles. The second-order valence-electron chi connectivity index (χ2n) is 5.28. The Morgan fingerprint density at radius 1 is 1.44 bits per heavy atom. The maximum absolute atomic E-state index is 11.6. The Balaban J connectivity index is 2.14. The lowest BCUT2D eigenvalue weighted by Gasteiger charge is -2.25. The van der Waals surface area contributed by atoms with Crippen molar-refractivity contribution in [3.63, 3.8) is 0 Å². The molecule has 1 saturated heterocycles. The lowest BCUT2D eigenvalue weighted by molar-refractivity contribution is -0.147. The van der Waals surface area contributed by atoms with Crippen LogP contribution in [0.15, 0.2) is 24.3 Å². The van der Waals surface area contributed by atoms with Crippen molar-refractivity contribution < 1.29 is 14.3 Å². The van der Waals surface area contributed by atoms with Gasteiger partial charge in [-0.15, -0.1) is 0 Å². The molecule has 4 atom stereocenters. The molecule has 0 amide bonds. The Morgan fingerprint density at radius 2 is 2.22 bits per heavy atom. The number of allylic oxidation sites excluding steroid dienone is 2. The van der Waals surface area contributed by atoms with Gasteiger partial charge in [-0.05, 0) is 19.8 Å². The first-order chi connectivity index (χ1) is 8.61. The van der Waals surface area contributed by atoms with E-state index in [4.69, 9.17) is 9.47 Å². The van der Waals surface area contributed by atoms with Crippen LogP contribution in [0, 0.1) is 5.92 Å². The molecule has 0 bridgehead atoms. The van der Waals surface area contributed by atoms with Crippen molar-refractivity contribution in [2.24, 2.45) is 5.92 Å². The SMILES string of the molecule is C=C1/C=C\C(=O)OC2C(C)OC(CCCC)C2C1. The van der Waals surface area contributed by atoms with Crippen LogP contribution in [0.25, 0.3) is 0 Å². The summed E-state index contributed by atoms with van der Waals surface area (Å²) in [6.07, 6.45) is 7.48. The van der Waals surface area contributed by atoms with E-state index in [-0.39, 0.29) is 30.2 Å². The minimum atomic E-state index is -0.280. The second-order valence-corrected chi connectivity index (χ2v) is 5.28. The third kappa shape index (κ3) is 2.83. The highest BCUT2D eigenvalue weighted by atomic mass is 16.6. The lowest BCUT2D eigenvalue weighted by atomic mass is 9.87. The smallest absolute Gasteiger partial charge is 0.331 e. The van der Waals surface area contributed by atoms with Crippen molar-refractivity contribution in [1.82, 2.24) is 0 Å². The van der Waals surface area contributed by atoms with Gasteiger partial charge in [0.1, 0.15) is 6.10 Å². The summed E-state index contributed by atoms with van der Waals surface area (Å²) in [4.78, 5) is 11.6. The normalized spacial score (nSPS) is 37.7. The molecule has 3 nitrogen and oxygen atoms in total. The molecule has 4 unspecified atom stereocenters. The summed E-state index contributed by atoms with van der Waals surface area (Å²) < 4.78 is 11.5. The van der Waals surface area contributed by atoms with Crippen LogP contribution in [-0.4, -0.2) is 24.3 Å². The summed E-state index contributed by atoms with van der Waals surface area (Å²) in [6.45, 7) is 8.17. The molecular formula is C15H22O3. The van der Waals surface area contributed by atoms with Crippen molar-refractivity contribution in [2.75, 3.05) is 0 Å². The average Bonchev–Trinajstić information content (AvgIpc) is 2.60. The number of esters is 1.